The van der Waals surface area contributed by atoms with Crippen LogP contribution in [-0.4, -0.2) is 8.42 Å². The summed E-state index contributed by atoms with van der Waals surface area (Å²) in [6, 6.07) is 23.3. The van der Waals surface area contributed by atoms with Gasteiger partial charge in [0.05, 0.1) is 15.8 Å². The number of hydrogen-bond acceptors (Lipinski definition) is 2. The van der Waals surface area contributed by atoms with E-state index in [1.54, 1.807) is 36.4 Å². The third-order valence-electron chi connectivity index (χ3n) is 4.19. The Bertz CT molecular complexity index is 990. The van der Waals surface area contributed by atoms with Crippen LogP contribution < -0.4 is 0 Å². The van der Waals surface area contributed by atoms with E-state index in [1.807, 2.05) is 65.8 Å². The fraction of sp³-hybridized carbons (Fsp3) is 0.136. The van der Waals surface area contributed by atoms with E-state index in [1.165, 1.54) is 0 Å². The minimum Gasteiger partial charge on any atom is -0.672 e. The molecular formula is C22H22Cl2N2O2RuS. The maximum atomic E-state index is 12.8. The van der Waals surface area contributed by atoms with E-state index in [4.69, 9.17) is 17.3 Å². The molecule has 2 unspecified atom stereocenters. The minimum atomic E-state index is -3.84. The number of rotatable bonds is 7. The van der Waals surface area contributed by atoms with Crippen LogP contribution in [0.1, 0.15) is 28.8 Å². The van der Waals surface area contributed by atoms with E-state index >= 15 is 0 Å². The van der Waals surface area contributed by atoms with Crippen LogP contribution in [0.2, 0.25) is 5.02 Å². The van der Waals surface area contributed by atoms with Gasteiger partial charge in [-0.25, -0.2) is 8.42 Å². The van der Waals surface area contributed by atoms with Crippen molar-refractivity contribution in [1.82, 2.24) is 0 Å². The van der Waals surface area contributed by atoms with Gasteiger partial charge in [0, 0.05) is 5.02 Å². The first-order valence-corrected chi connectivity index (χ1v) is 12.8. The zero-order chi connectivity index (χ0) is 21.3. The molecule has 3 aromatic carbocycles. The van der Waals surface area contributed by atoms with Crippen LogP contribution in [0.3, 0.4) is 0 Å². The number of halogens is 2. The zero-order valence-electron chi connectivity index (χ0n) is 16.2. The Kier molecular flexibility index (Phi) is 11.8. The largest absolute Gasteiger partial charge is 0.672 e. The number of nitrogens with one attached hydrogen (secondary N) is 1. The molecule has 160 valence electrons. The summed E-state index contributed by atoms with van der Waals surface area (Å²) < 4.78 is 29.6. The summed E-state index contributed by atoms with van der Waals surface area (Å²) in [5.74, 6) is -0.294. The number of hydrogen-bond donors (Lipinski definition) is 0. The summed E-state index contributed by atoms with van der Waals surface area (Å²) in [7, 11) is 0.732. The molecule has 0 spiro atoms. The molecule has 0 saturated heterocycles. The van der Waals surface area contributed by atoms with Gasteiger partial charge in [-0.2, -0.15) is 0 Å². The fourth-order valence-electron chi connectivity index (χ4n) is 2.83. The van der Waals surface area contributed by atoms with Gasteiger partial charge in [-0.05, 0) is 11.6 Å². The average molecular weight is 550 g/mol. The Morgan fingerprint density at radius 1 is 0.833 bits per heavy atom. The molecule has 0 amide bonds. The molecule has 3 rings (SSSR count). The van der Waals surface area contributed by atoms with Gasteiger partial charge in [-0.3, -0.25) is 0 Å². The van der Waals surface area contributed by atoms with Gasteiger partial charge in [-0.1, -0.05) is 102 Å². The van der Waals surface area contributed by atoms with E-state index in [2.05, 4.69) is 14.4 Å². The topological polar surface area (TPSA) is 72.0 Å². The van der Waals surface area contributed by atoms with E-state index in [0.717, 1.165) is 0 Å². The third kappa shape index (κ3) is 7.77. The molecule has 2 atom stereocenters. The molecule has 3 aromatic rings. The summed E-state index contributed by atoms with van der Waals surface area (Å²) in [6.07, 6.45) is 0. The van der Waals surface area contributed by atoms with Crippen molar-refractivity contribution in [2.45, 2.75) is 17.8 Å². The molecule has 30 heavy (non-hydrogen) atoms. The minimum absolute atomic E-state index is 0. The normalized spacial score (nSPS) is 12.6. The van der Waals surface area contributed by atoms with Crippen molar-refractivity contribution in [3.63, 3.8) is 0 Å². The molecule has 0 aromatic heterocycles. The summed E-state index contributed by atoms with van der Waals surface area (Å²) in [5, 5.41) is 0.387. The molecule has 0 heterocycles. The van der Waals surface area contributed by atoms with Gasteiger partial charge in [0.2, 0.25) is 0 Å². The van der Waals surface area contributed by atoms with Crippen LogP contribution in [0, 0.1) is 7.43 Å². The first kappa shape index (κ1) is 26.8. The third-order valence-corrected chi connectivity index (χ3v) is 5.78. The summed E-state index contributed by atoms with van der Waals surface area (Å²) in [4.78, 5) is 0. The molecule has 8 heteroatoms. The Morgan fingerprint density at radius 3 is 1.83 bits per heavy atom. The molecular weight excluding hydrogens is 528 g/mol. The Balaban J connectivity index is 0.00000146. The maximum Gasteiger partial charge on any atom is 0.0768 e. The predicted octanol–water partition coefficient (Wildman–Crippen LogP) is 7.22. The fourth-order valence-corrected chi connectivity index (χ4v) is 4.42. The van der Waals surface area contributed by atoms with Crippen molar-refractivity contribution < 1.29 is 25.7 Å². The zero-order valence-corrected chi connectivity index (χ0v) is 20.3. The molecule has 0 fully saturated rings. The van der Waals surface area contributed by atoms with Crippen molar-refractivity contribution in [3.8, 4) is 0 Å². The summed E-state index contributed by atoms with van der Waals surface area (Å²) in [5.41, 5.74) is 10.5. The quantitative estimate of drug-likeness (QED) is 0.230. The first-order valence-electron chi connectivity index (χ1n) is 8.59. The van der Waals surface area contributed by atoms with Crippen LogP contribution in [0.15, 0.2) is 84.9 Å². The van der Waals surface area contributed by atoms with Crippen LogP contribution in [0.5, 0.6) is 0 Å². The summed E-state index contributed by atoms with van der Waals surface area (Å²) >= 11 is 7.92. The van der Waals surface area contributed by atoms with Crippen LogP contribution in [0.25, 0.3) is 10.5 Å². The molecule has 4 nitrogen and oxygen atoms in total. The first-order chi connectivity index (χ1) is 14.0. The molecule has 0 radical (unpaired) electrons. The van der Waals surface area contributed by atoms with Gasteiger partial charge in [-0.15, -0.1) is 12.1 Å². The predicted molar refractivity (Wildman–Crippen MR) is 122 cm³/mol. The van der Waals surface area contributed by atoms with Crippen molar-refractivity contribution in [3.05, 3.63) is 125 Å². The van der Waals surface area contributed by atoms with Gasteiger partial charge >= 0.3 is 27.0 Å². The average Bonchev–Trinajstić information content (AvgIpc) is 2.76. The van der Waals surface area contributed by atoms with E-state index < -0.39 is 22.1 Å². The molecule has 0 saturated carbocycles. The van der Waals surface area contributed by atoms with Crippen molar-refractivity contribution in [1.29, 1.82) is 0 Å². The van der Waals surface area contributed by atoms with Crippen molar-refractivity contribution >= 4 is 31.3 Å². The number of benzene rings is 3. The van der Waals surface area contributed by atoms with Crippen molar-refractivity contribution in [2.24, 2.45) is 0 Å². The Morgan fingerprint density at radius 2 is 1.30 bits per heavy atom. The van der Waals surface area contributed by atoms with E-state index in [-0.39, 0.29) is 13.2 Å². The van der Waals surface area contributed by atoms with E-state index in [9.17, 15) is 8.42 Å². The van der Waals surface area contributed by atoms with Gasteiger partial charge < -0.3 is 17.9 Å². The second-order valence-electron chi connectivity index (χ2n) is 6.17. The Hall–Kier alpha value is -1.27. The van der Waals surface area contributed by atoms with Crippen LogP contribution >= 0.6 is 21.3 Å². The summed E-state index contributed by atoms with van der Waals surface area (Å²) in [6.45, 7) is 0. The van der Waals surface area contributed by atoms with Gasteiger partial charge in [0.15, 0.2) is 0 Å². The number of sulfonamides is 1. The van der Waals surface area contributed by atoms with Gasteiger partial charge in [0.1, 0.15) is 0 Å². The van der Waals surface area contributed by atoms with E-state index in [0.29, 0.717) is 21.7 Å². The second-order valence-corrected chi connectivity index (χ2v) is 8.24. The molecule has 0 aliphatic rings. The Labute approximate surface area is 198 Å². The molecule has 0 aliphatic heterocycles. The van der Waals surface area contributed by atoms with Crippen LogP contribution in [0.4, 0.5) is 0 Å². The smallest absolute Gasteiger partial charge is 0.0768 e. The van der Waals surface area contributed by atoms with Gasteiger partial charge in [0.25, 0.3) is 0 Å². The number of nitrogens with zero attached hydrogens (tertiary/aromatic N) is 1. The maximum absolute atomic E-state index is 12.8. The van der Waals surface area contributed by atoms with Crippen LogP contribution in [-0.2, 0) is 33.1 Å². The molecule has 0 aliphatic carbocycles. The second kappa shape index (κ2) is 13.2. The monoisotopic (exact) mass is 550 g/mol. The molecule has 0 bridgehead atoms. The standard InChI is InChI=1S/C21H19ClN2O2S.CH3.ClH.Ru/c22-19-14-8-7-13-18(19)15-27(25,26)24-21(17-11-5-2-6-12-17)20(23)16-9-3-1-4-10-16;;;/h1-14,20-21,23H,15H2;1H3;1H;/q-2;-1;;+4/p-1. The van der Waals surface area contributed by atoms with Crippen molar-refractivity contribution in [2.75, 3.05) is 0 Å². The SMILES string of the molecule is [CH3-].[Cl][Ru+3].[NH-]C(c1ccccc1)C([N-]S(=O)(=O)Cc1ccccc1Cl)c1ccccc1. The molecule has 1 N–H and O–H groups in total.